The zero-order chi connectivity index (χ0) is 14.2. The molecule has 0 atom stereocenters. The average molecular weight is 357 g/mol. The Morgan fingerprint density at radius 3 is 2.37 bits per heavy atom. The second-order valence-corrected chi connectivity index (χ2v) is 8.10. The van der Waals surface area contributed by atoms with E-state index in [1.807, 2.05) is 0 Å². The molecule has 19 heavy (non-hydrogen) atoms. The highest BCUT2D eigenvalue weighted by Gasteiger charge is 2.21. The second kappa shape index (κ2) is 5.50. The van der Waals surface area contributed by atoms with E-state index < -0.39 is 10.0 Å². The molecule has 2 rings (SSSR count). The fourth-order valence-corrected chi connectivity index (χ4v) is 4.74. The van der Waals surface area contributed by atoms with Gasteiger partial charge < -0.3 is 0 Å². The Labute approximate surface area is 130 Å². The maximum atomic E-state index is 12.2. The van der Waals surface area contributed by atoms with Gasteiger partial charge in [-0.05, 0) is 36.8 Å². The van der Waals surface area contributed by atoms with Crippen molar-refractivity contribution < 1.29 is 8.42 Å². The fraction of sp³-hybridized carbons (Fsp3) is 0.0909. The zero-order valence-electron chi connectivity index (χ0n) is 9.58. The van der Waals surface area contributed by atoms with Crippen LogP contribution in [0.25, 0.3) is 0 Å². The normalized spacial score (nSPS) is 11.6. The standard InChI is InChI=1S/C11H8Cl3NO2S2/c1-6-4-7(2-3-8(6)12)15-19(16,17)9-5-10(13)18-11(9)14/h2-5,15H,1H3. The van der Waals surface area contributed by atoms with Crippen molar-refractivity contribution in [1.82, 2.24) is 0 Å². The molecule has 2 aromatic rings. The molecule has 0 aliphatic carbocycles. The highest BCUT2D eigenvalue weighted by atomic mass is 35.5. The van der Waals surface area contributed by atoms with Crippen LogP contribution in [0.3, 0.4) is 0 Å². The Morgan fingerprint density at radius 2 is 1.84 bits per heavy atom. The minimum atomic E-state index is -3.75. The number of halogens is 3. The minimum Gasteiger partial charge on any atom is -0.280 e. The molecular formula is C11H8Cl3NO2S2. The summed E-state index contributed by atoms with van der Waals surface area (Å²) < 4.78 is 27.2. The summed E-state index contributed by atoms with van der Waals surface area (Å²) in [6.45, 7) is 1.79. The Hall–Kier alpha value is -0.460. The lowest BCUT2D eigenvalue weighted by Gasteiger charge is -2.08. The number of rotatable bonds is 3. The monoisotopic (exact) mass is 355 g/mol. The minimum absolute atomic E-state index is 0.0308. The number of anilines is 1. The molecular weight excluding hydrogens is 349 g/mol. The summed E-state index contributed by atoms with van der Waals surface area (Å²) in [5.74, 6) is 0. The first kappa shape index (κ1) is 14.9. The van der Waals surface area contributed by atoms with E-state index in [9.17, 15) is 8.42 Å². The molecule has 8 heteroatoms. The van der Waals surface area contributed by atoms with Crippen LogP contribution in [0, 0.1) is 6.92 Å². The average Bonchev–Trinajstić information content (AvgIpc) is 2.63. The third kappa shape index (κ3) is 3.35. The topological polar surface area (TPSA) is 46.2 Å². The van der Waals surface area contributed by atoms with E-state index >= 15 is 0 Å². The first-order chi connectivity index (χ1) is 8.79. The van der Waals surface area contributed by atoms with Crippen molar-refractivity contribution in [1.29, 1.82) is 0 Å². The highest BCUT2D eigenvalue weighted by molar-refractivity contribution is 7.93. The van der Waals surface area contributed by atoms with Crippen molar-refractivity contribution in [3.63, 3.8) is 0 Å². The van der Waals surface area contributed by atoms with E-state index in [1.165, 1.54) is 6.07 Å². The van der Waals surface area contributed by atoms with E-state index in [2.05, 4.69) is 4.72 Å². The van der Waals surface area contributed by atoms with Crippen LogP contribution < -0.4 is 4.72 Å². The molecule has 0 aliphatic heterocycles. The molecule has 0 saturated carbocycles. The molecule has 1 heterocycles. The first-order valence-electron chi connectivity index (χ1n) is 5.03. The van der Waals surface area contributed by atoms with Crippen molar-refractivity contribution in [3.05, 3.63) is 43.5 Å². The van der Waals surface area contributed by atoms with Crippen LogP contribution in [0.5, 0.6) is 0 Å². The van der Waals surface area contributed by atoms with E-state index in [4.69, 9.17) is 34.8 Å². The molecule has 0 amide bonds. The fourth-order valence-electron chi connectivity index (χ4n) is 1.43. The molecule has 0 radical (unpaired) electrons. The lowest BCUT2D eigenvalue weighted by molar-refractivity contribution is 0.601. The number of hydrogen-bond acceptors (Lipinski definition) is 3. The van der Waals surface area contributed by atoms with Gasteiger partial charge in [0.1, 0.15) is 9.23 Å². The third-order valence-corrected chi connectivity index (χ3v) is 5.88. The summed E-state index contributed by atoms with van der Waals surface area (Å²) in [7, 11) is -3.75. The van der Waals surface area contributed by atoms with Gasteiger partial charge in [-0.25, -0.2) is 8.42 Å². The lowest BCUT2D eigenvalue weighted by Crippen LogP contribution is -2.12. The van der Waals surface area contributed by atoms with Gasteiger partial charge in [0.15, 0.2) is 0 Å². The highest BCUT2D eigenvalue weighted by Crippen LogP contribution is 2.35. The molecule has 0 fully saturated rings. The molecule has 0 unspecified atom stereocenters. The van der Waals surface area contributed by atoms with E-state index in [-0.39, 0.29) is 9.23 Å². The predicted octanol–water partition coefficient (Wildman–Crippen LogP) is 4.82. The summed E-state index contributed by atoms with van der Waals surface area (Å²) >= 11 is 18.5. The largest absolute Gasteiger partial charge is 0.280 e. The van der Waals surface area contributed by atoms with Crippen LogP contribution in [0.15, 0.2) is 29.2 Å². The molecule has 1 aromatic carbocycles. The molecule has 1 aromatic heterocycles. The van der Waals surface area contributed by atoms with Crippen molar-refractivity contribution in [2.24, 2.45) is 0 Å². The number of hydrogen-bond donors (Lipinski definition) is 1. The SMILES string of the molecule is Cc1cc(NS(=O)(=O)c2cc(Cl)sc2Cl)ccc1Cl. The van der Waals surface area contributed by atoms with Gasteiger partial charge in [-0.1, -0.05) is 34.8 Å². The number of thiophene rings is 1. The first-order valence-corrected chi connectivity index (χ1v) is 8.47. The van der Waals surface area contributed by atoms with Crippen molar-refractivity contribution in [2.45, 2.75) is 11.8 Å². The second-order valence-electron chi connectivity index (χ2n) is 3.76. The van der Waals surface area contributed by atoms with Gasteiger partial charge in [0.2, 0.25) is 0 Å². The Balaban J connectivity index is 2.36. The predicted molar refractivity (Wildman–Crippen MR) is 81.3 cm³/mol. The summed E-state index contributed by atoms with van der Waals surface area (Å²) in [4.78, 5) is -0.0308. The van der Waals surface area contributed by atoms with Crippen LogP contribution in [-0.4, -0.2) is 8.42 Å². The molecule has 0 saturated heterocycles. The maximum Gasteiger partial charge on any atom is 0.264 e. The van der Waals surface area contributed by atoms with E-state index in [0.29, 0.717) is 15.0 Å². The van der Waals surface area contributed by atoms with Gasteiger partial charge >= 0.3 is 0 Å². The number of sulfonamides is 1. The van der Waals surface area contributed by atoms with E-state index in [0.717, 1.165) is 16.9 Å². The van der Waals surface area contributed by atoms with Crippen LogP contribution in [0.1, 0.15) is 5.56 Å². The van der Waals surface area contributed by atoms with E-state index in [1.54, 1.807) is 25.1 Å². The van der Waals surface area contributed by atoms with Crippen molar-refractivity contribution in [3.8, 4) is 0 Å². The zero-order valence-corrected chi connectivity index (χ0v) is 13.5. The molecule has 0 spiro atoms. The van der Waals surface area contributed by atoms with Crippen LogP contribution >= 0.6 is 46.1 Å². The smallest absolute Gasteiger partial charge is 0.264 e. The lowest BCUT2D eigenvalue weighted by atomic mass is 10.2. The summed E-state index contributed by atoms with van der Waals surface area (Å²) in [5, 5.41) is 0.569. The Morgan fingerprint density at radius 1 is 1.16 bits per heavy atom. The molecule has 0 bridgehead atoms. The van der Waals surface area contributed by atoms with Gasteiger partial charge in [0.05, 0.1) is 4.34 Å². The van der Waals surface area contributed by atoms with Gasteiger partial charge in [0.25, 0.3) is 10.0 Å². The maximum absolute atomic E-state index is 12.2. The van der Waals surface area contributed by atoms with Crippen LogP contribution in [-0.2, 0) is 10.0 Å². The third-order valence-electron chi connectivity index (χ3n) is 2.33. The van der Waals surface area contributed by atoms with Crippen LogP contribution in [0.2, 0.25) is 13.7 Å². The Kier molecular flexibility index (Phi) is 4.32. The number of nitrogens with one attached hydrogen (secondary N) is 1. The molecule has 0 aliphatic rings. The molecule has 3 nitrogen and oxygen atoms in total. The molecule has 1 N–H and O–H groups in total. The van der Waals surface area contributed by atoms with Crippen molar-refractivity contribution in [2.75, 3.05) is 4.72 Å². The van der Waals surface area contributed by atoms with Crippen LogP contribution in [0.4, 0.5) is 5.69 Å². The summed E-state index contributed by atoms with van der Waals surface area (Å²) in [5.41, 5.74) is 1.19. The Bertz CT molecular complexity index is 726. The quantitative estimate of drug-likeness (QED) is 0.857. The number of benzene rings is 1. The van der Waals surface area contributed by atoms with Crippen molar-refractivity contribution >= 4 is 61.9 Å². The van der Waals surface area contributed by atoms with Gasteiger partial charge in [-0.15, -0.1) is 11.3 Å². The van der Waals surface area contributed by atoms with Gasteiger partial charge in [-0.2, -0.15) is 0 Å². The van der Waals surface area contributed by atoms with Gasteiger partial charge in [-0.3, -0.25) is 4.72 Å². The van der Waals surface area contributed by atoms with Gasteiger partial charge in [0, 0.05) is 10.7 Å². The summed E-state index contributed by atoms with van der Waals surface area (Å²) in [6.07, 6.45) is 0. The molecule has 102 valence electrons. The number of aryl methyl sites for hydroxylation is 1. The summed E-state index contributed by atoms with van der Waals surface area (Å²) in [6, 6.07) is 6.16.